The Hall–Kier alpha value is -2.75. The third-order valence-electron chi connectivity index (χ3n) is 3.92. The number of hydrogen-bond acceptors (Lipinski definition) is 6. The van der Waals surface area contributed by atoms with Gasteiger partial charge in [0, 0.05) is 35.5 Å². The number of carbonyl (C=O) groups excluding carboxylic acids is 1. The van der Waals surface area contributed by atoms with E-state index in [9.17, 15) is 18.3 Å². The molecule has 2 aromatic carbocycles. The minimum absolute atomic E-state index is 0.0598. The molecule has 3 N–H and O–H groups in total. The number of phenols is 1. The summed E-state index contributed by atoms with van der Waals surface area (Å²) in [6.45, 7) is 6.65. The van der Waals surface area contributed by atoms with E-state index in [0.717, 1.165) is 5.56 Å². The van der Waals surface area contributed by atoms with E-state index in [1.807, 2.05) is 0 Å². The van der Waals surface area contributed by atoms with Crippen LogP contribution >= 0.6 is 11.3 Å². The van der Waals surface area contributed by atoms with Crippen molar-refractivity contribution in [3.8, 4) is 26.8 Å². The van der Waals surface area contributed by atoms with Crippen molar-refractivity contribution < 1.29 is 18.3 Å². The summed E-state index contributed by atoms with van der Waals surface area (Å²) in [7, 11) is -3.87. The number of anilines is 1. The summed E-state index contributed by atoms with van der Waals surface area (Å²) in [5.41, 5.74) is 1.02. The van der Waals surface area contributed by atoms with Gasteiger partial charge in [-0.05, 0) is 57.2 Å². The van der Waals surface area contributed by atoms with E-state index < -0.39 is 15.6 Å². The molecule has 0 saturated carbocycles. The molecule has 0 aliphatic heterocycles. The van der Waals surface area contributed by atoms with Crippen LogP contribution in [0.3, 0.4) is 0 Å². The van der Waals surface area contributed by atoms with Crippen LogP contribution < -0.4 is 10.0 Å². The minimum atomic E-state index is -3.87. The summed E-state index contributed by atoms with van der Waals surface area (Å²) >= 11 is 1.34. The molecule has 0 fully saturated rings. The zero-order valence-electron chi connectivity index (χ0n) is 17.1. The van der Waals surface area contributed by atoms with Gasteiger partial charge in [-0.15, -0.1) is 11.3 Å². The van der Waals surface area contributed by atoms with Gasteiger partial charge in [-0.3, -0.25) is 4.79 Å². The summed E-state index contributed by atoms with van der Waals surface area (Å²) in [5.74, 6) is -0.131. The molecule has 0 unspecified atom stereocenters. The fourth-order valence-electron chi connectivity index (χ4n) is 2.82. The number of aromatic hydroxyl groups is 1. The van der Waals surface area contributed by atoms with E-state index >= 15 is 0 Å². The zero-order valence-corrected chi connectivity index (χ0v) is 18.7. The van der Waals surface area contributed by atoms with Gasteiger partial charge in [0.05, 0.1) is 9.77 Å². The standard InChI is InChI=1S/C21H23N3O4S2/c1-13(25)23-15-7-10-17(19(11-15)30(27,28)24-21(2,3)4)18-12-22-20(29-18)14-5-8-16(26)9-6-14/h5-12,24,26H,1-4H3,(H,23,25). The van der Waals surface area contributed by atoms with Crippen LogP contribution in [0, 0.1) is 0 Å². The quantitative estimate of drug-likeness (QED) is 0.545. The normalized spacial score (nSPS) is 12.0. The maximum absolute atomic E-state index is 13.1. The van der Waals surface area contributed by atoms with Crippen molar-refractivity contribution in [2.24, 2.45) is 0 Å². The maximum atomic E-state index is 13.1. The Morgan fingerprint density at radius 2 is 1.77 bits per heavy atom. The number of hydrogen-bond donors (Lipinski definition) is 3. The van der Waals surface area contributed by atoms with Gasteiger partial charge in [-0.25, -0.2) is 18.1 Å². The van der Waals surface area contributed by atoms with E-state index in [-0.39, 0.29) is 16.6 Å². The number of carbonyl (C=O) groups is 1. The van der Waals surface area contributed by atoms with Crippen molar-refractivity contribution in [1.29, 1.82) is 0 Å². The van der Waals surface area contributed by atoms with Gasteiger partial charge in [0.15, 0.2) is 0 Å². The van der Waals surface area contributed by atoms with Crippen molar-refractivity contribution in [3.63, 3.8) is 0 Å². The van der Waals surface area contributed by atoms with Crippen LogP contribution in [0.25, 0.3) is 21.0 Å². The molecule has 0 aliphatic rings. The van der Waals surface area contributed by atoms with Gasteiger partial charge in [0.1, 0.15) is 10.8 Å². The average molecular weight is 446 g/mol. The Bertz CT molecular complexity index is 1180. The largest absolute Gasteiger partial charge is 0.508 e. The van der Waals surface area contributed by atoms with Gasteiger partial charge < -0.3 is 10.4 Å². The van der Waals surface area contributed by atoms with E-state index in [2.05, 4.69) is 15.0 Å². The predicted octanol–water partition coefficient (Wildman–Crippen LogP) is 4.22. The first kappa shape index (κ1) is 21.9. The SMILES string of the molecule is CC(=O)Nc1ccc(-c2cnc(-c3ccc(O)cc3)s2)c(S(=O)(=O)NC(C)(C)C)c1. The molecule has 1 aromatic heterocycles. The number of nitrogens with zero attached hydrogens (tertiary/aromatic N) is 1. The second-order valence-electron chi connectivity index (χ2n) is 7.82. The highest BCUT2D eigenvalue weighted by atomic mass is 32.2. The summed E-state index contributed by atoms with van der Waals surface area (Å²) in [6, 6.07) is 11.4. The second kappa shape index (κ2) is 8.17. The lowest BCUT2D eigenvalue weighted by atomic mass is 10.1. The first-order valence-corrected chi connectivity index (χ1v) is 11.5. The van der Waals surface area contributed by atoms with Crippen LogP contribution in [-0.2, 0) is 14.8 Å². The van der Waals surface area contributed by atoms with Gasteiger partial charge in [-0.2, -0.15) is 0 Å². The molecule has 9 heteroatoms. The fourth-order valence-corrected chi connectivity index (χ4v) is 5.51. The molecule has 158 valence electrons. The smallest absolute Gasteiger partial charge is 0.241 e. The number of thiazole rings is 1. The number of rotatable bonds is 5. The Morgan fingerprint density at radius 3 is 2.37 bits per heavy atom. The average Bonchev–Trinajstić information content (AvgIpc) is 3.09. The zero-order chi connectivity index (χ0) is 22.1. The molecule has 0 spiro atoms. The lowest BCUT2D eigenvalue weighted by Gasteiger charge is -2.22. The highest BCUT2D eigenvalue weighted by molar-refractivity contribution is 7.89. The highest BCUT2D eigenvalue weighted by Gasteiger charge is 2.26. The fraction of sp³-hybridized carbons (Fsp3) is 0.238. The van der Waals surface area contributed by atoms with Crippen LogP contribution in [0.15, 0.2) is 53.6 Å². The molecule has 0 bridgehead atoms. The van der Waals surface area contributed by atoms with Crippen molar-refractivity contribution in [2.45, 2.75) is 38.1 Å². The summed E-state index contributed by atoms with van der Waals surface area (Å²) in [6.07, 6.45) is 1.62. The molecular weight excluding hydrogens is 422 g/mol. The second-order valence-corrected chi connectivity index (χ2v) is 10.5. The number of amides is 1. The van der Waals surface area contributed by atoms with E-state index in [1.165, 1.54) is 24.3 Å². The summed E-state index contributed by atoms with van der Waals surface area (Å²) in [5, 5.41) is 12.8. The van der Waals surface area contributed by atoms with E-state index in [1.54, 1.807) is 63.4 Å². The van der Waals surface area contributed by atoms with Gasteiger partial charge >= 0.3 is 0 Å². The summed E-state index contributed by atoms with van der Waals surface area (Å²) < 4.78 is 28.9. The van der Waals surface area contributed by atoms with Crippen LogP contribution in [0.2, 0.25) is 0 Å². The first-order valence-electron chi connectivity index (χ1n) is 9.16. The first-order chi connectivity index (χ1) is 13.9. The van der Waals surface area contributed by atoms with Gasteiger partial charge in [0.2, 0.25) is 15.9 Å². The Labute approximate surface area is 179 Å². The lowest BCUT2D eigenvalue weighted by molar-refractivity contribution is -0.114. The number of sulfonamides is 1. The molecule has 1 amide bonds. The van der Waals surface area contributed by atoms with E-state index in [4.69, 9.17) is 0 Å². The molecule has 3 aromatic rings. The Kier molecular flexibility index (Phi) is 5.98. The molecule has 30 heavy (non-hydrogen) atoms. The van der Waals surface area contributed by atoms with Crippen LogP contribution in [0.4, 0.5) is 5.69 Å². The third kappa shape index (κ3) is 5.24. The number of phenolic OH excluding ortho intramolecular Hbond substituents is 1. The number of nitrogens with one attached hydrogen (secondary N) is 2. The topological polar surface area (TPSA) is 108 Å². The lowest BCUT2D eigenvalue weighted by Crippen LogP contribution is -2.40. The molecular formula is C21H23N3O4S2. The van der Waals surface area contributed by atoms with Crippen molar-refractivity contribution in [1.82, 2.24) is 9.71 Å². The van der Waals surface area contributed by atoms with Crippen LogP contribution in [-0.4, -0.2) is 30.0 Å². The molecule has 0 radical (unpaired) electrons. The predicted molar refractivity (Wildman–Crippen MR) is 119 cm³/mol. The van der Waals surface area contributed by atoms with Crippen LogP contribution in [0.5, 0.6) is 5.75 Å². The third-order valence-corrected chi connectivity index (χ3v) is 6.80. The molecule has 0 saturated heterocycles. The monoisotopic (exact) mass is 445 g/mol. The Morgan fingerprint density at radius 1 is 1.10 bits per heavy atom. The molecule has 0 atom stereocenters. The van der Waals surface area contributed by atoms with Crippen LogP contribution in [0.1, 0.15) is 27.7 Å². The van der Waals surface area contributed by atoms with Crippen molar-refractivity contribution in [2.75, 3.05) is 5.32 Å². The minimum Gasteiger partial charge on any atom is -0.508 e. The molecule has 7 nitrogen and oxygen atoms in total. The van der Waals surface area contributed by atoms with Crippen molar-refractivity contribution >= 4 is 33.0 Å². The number of aromatic nitrogens is 1. The Balaban J connectivity index is 2.10. The maximum Gasteiger partial charge on any atom is 0.241 e. The van der Waals surface area contributed by atoms with E-state index in [0.29, 0.717) is 21.1 Å². The summed E-state index contributed by atoms with van der Waals surface area (Å²) in [4.78, 5) is 16.6. The number of benzene rings is 2. The highest BCUT2D eigenvalue weighted by Crippen LogP contribution is 2.37. The molecule has 3 rings (SSSR count). The van der Waals surface area contributed by atoms with Gasteiger partial charge in [-0.1, -0.05) is 6.07 Å². The molecule has 0 aliphatic carbocycles. The molecule has 1 heterocycles. The van der Waals surface area contributed by atoms with Crippen molar-refractivity contribution in [3.05, 3.63) is 48.7 Å². The van der Waals surface area contributed by atoms with Gasteiger partial charge in [0.25, 0.3) is 0 Å².